The number of aliphatic carboxylic acids is 1. The fourth-order valence-electron chi connectivity index (χ4n) is 2.20. The number of carboxylic acid groups (broad SMARTS) is 1. The number of benzene rings is 1. The van der Waals surface area contributed by atoms with Crippen molar-refractivity contribution >= 4 is 17.7 Å². The molecule has 23 heavy (non-hydrogen) atoms. The Balaban J connectivity index is 3.16. The zero-order chi connectivity index (χ0) is 17.2. The van der Waals surface area contributed by atoms with Gasteiger partial charge in [-0.2, -0.15) is 5.26 Å². The van der Waals surface area contributed by atoms with E-state index in [2.05, 4.69) is 4.90 Å². The van der Waals surface area contributed by atoms with Gasteiger partial charge in [0.25, 0.3) is 0 Å². The minimum Gasteiger partial charge on any atom is -0.496 e. The molecule has 0 saturated heterocycles. The standard InChI is InChI=1S/C17H21FN2O3/c1-3-8-20(9-4-7-18)15-6-5-13(16(11-15)23-2)10-14(12-19)17(21)22/h5-6,10-11H,3-4,7-9H2,1-2H3,(H,21,22)/b14-10+. The molecule has 0 aliphatic heterocycles. The molecule has 0 fully saturated rings. The van der Waals surface area contributed by atoms with Gasteiger partial charge < -0.3 is 14.7 Å². The van der Waals surface area contributed by atoms with Gasteiger partial charge in [0.2, 0.25) is 0 Å². The van der Waals surface area contributed by atoms with Crippen LogP contribution in [0.3, 0.4) is 0 Å². The first-order valence-corrected chi connectivity index (χ1v) is 7.41. The third-order valence-electron chi connectivity index (χ3n) is 3.29. The smallest absolute Gasteiger partial charge is 0.346 e. The summed E-state index contributed by atoms with van der Waals surface area (Å²) in [5.74, 6) is -0.813. The minimum atomic E-state index is -1.28. The van der Waals surface area contributed by atoms with Gasteiger partial charge in [-0.1, -0.05) is 6.92 Å². The zero-order valence-electron chi connectivity index (χ0n) is 13.4. The molecule has 1 rings (SSSR count). The van der Waals surface area contributed by atoms with Crippen molar-refractivity contribution in [3.05, 3.63) is 29.3 Å². The van der Waals surface area contributed by atoms with Crippen LogP contribution in [0.1, 0.15) is 25.3 Å². The summed E-state index contributed by atoms with van der Waals surface area (Å²) in [7, 11) is 1.48. The van der Waals surface area contributed by atoms with Crippen LogP contribution in [0.5, 0.6) is 5.75 Å². The molecule has 0 unspecified atom stereocenters. The second-order valence-corrected chi connectivity index (χ2v) is 4.93. The predicted octanol–water partition coefficient (Wildman–Crippen LogP) is 3.26. The van der Waals surface area contributed by atoms with Crippen molar-refractivity contribution in [3.8, 4) is 11.8 Å². The quantitative estimate of drug-likeness (QED) is 0.558. The Morgan fingerprint density at radius 2 is 2.22 bits per heavy atom. The van der Waals surface area contributed by atoms with E-state index in [1.807, 2.05) is 13.0 Å². The van der Waals surface area contributed by atoms with Gasteiger partial charge in [0.05, 0.1) is 13.8 Å². The topological polar surface area (TPSA) is 73.6 Å². The molecule has 6 heteroatoms. The van der Waals surface area contributed by atoms with Gasteiger partial charge in [0, 0.05) is 30.4 Å². The number of alkyl halides is 1. The summed E-state index contributed by atoms with van der Waals surface area (Å²) in [5.41, 5.74) is 1.03. The van der Waals surface area contributed by atoms with Crippen LogP contribution in [-0.2, 0) is 4.79 Å². The van der Waals surface area contributed by atoms with Crippen LogP contribution in [-0.4, -0.2) is 37.9 Å². The maximum atomic E-state index is 12.4. The van der Waals surface area contributed by atoms with E-state index in [1.54, 1.807) is 18.2 Å². The molecule has 0 radical (unpaired) electrons. The molecule has 0 bridgehead atoms. The van der Waals surface area contributed by atoms with E-state index >= 15 is 0 Å². The number of ether oxygens (including phenoxy) is 1. The lowest BCUT2D eigenvalue weighted by Crippen LogP contribution is -2.25. The van der Waals surface area contributed by atoms with E-state index in [1.165, 1.54) is 13.2 Å². The highest BCUT2D eigenvalue weighted by atomic mass is 19.1. The molecule has 0 saturated carbocycles. The number of carbonyl (C=O) groups is 1. The number of anilines is 1. The number of carboxylic acids is 1. The monoisotopic (exact) mass is 320 g/mol. The predicted molar refractivity (Wildman–Crippen MR) is 87.3 cm³/mol. The first-order valence-electron chi connectivity index (χ1n) is 7.41. The normalized spacial score (nSPS) is 11.0. The molecule has 0 aliphatic rings. The average Bonchev–Trinajstić information content (AvgIpc) is 2.56. The number of halogens is 1. The third kappa shape index (κ3) is 5.29. The maximum Gasteiger partial charge on any atom is 0.346 e. The number of hydrogen-bond donors (Lipinski definition) is 1. The summed E-state index contributed by atoms with van der Waals surface area (Å²) < 4.78 is 17.7. The van der Waals surface area contributed by atoms with Gasteiger partial charge in [0.1, 0.15) is 17.4 Å². The fraction of sp³-hybridized carbons (Fsp3) is 0.412. The van der Waals surface area contributed by atoms with Gasteiger partial charge in [-0.05, 0) is 31.1 Å². The van der Waals surface area contributed by atoms with E-state index in [0.29, 0.717) is 24.3 Å². The summed E-state index contributed by atoms with van der Waals surface area (Å²) in [6.45, 7) is 3.06. The molecular weight excluding hydrogens is 299 g/mol. The highest BCUT2D eigenvalue weighted by Crippen LogP contribution is 2.28. The Kier molecular flexibility index (Phi) is 7.61. The van der Waals surface area contributed by atoms with Crippen LogP contribution in [0.25, 0.3) is 6.08 Å². The second-order valence-electron chi connectivity index (χ2n) is 4.93. The van der Waals surface area contributed by atoms with E-state index in [-0.39, 0.29) is 12.2 Å². The van der Waals surface area contributed by atoms with Gasteiger partial charge in [-0.3, -0.25) is 4.39 Å². The molecule has 0 heterocycles. The molecular formula is C17H21FN2O3. The lowest BCUT2D eigenvalue weighted by atomic mass is 10.1. The summed E-state index contributed by atoms with van der Waals surface area (Å²) in [4.78, 5) is 13.0. The number of methoxy groups -OCH3 is 1. The van der Waals surface area contributed by atoms with Crippen LogP contribution in [0.2, 0.25) is 0 Å². The van der Waals surface area contributed by atoms with Crippen LogP contribution in [0.4, 0.5) is 10.1 Å². The van der Waals surface area contributed by atoms with E-state index in [4.69, 9.17) is 15.1 Å². The van der Waals surface area contributed by atoms with Crippen molar-refractivity contribution in [2.24, 2.45) is 0 Å². The molecule has 0 atom stereocenters. The lowest BCUT2D eigenvalue weighted by Gasteiger charge is -2.24. The molecule has 1 aromatic rings. The zero-order valence-corrected chi connectivity index (χ0v) is 13.4. The largest absolute Gasteiger partial charge is 0.496 e. The molecule has 0 aromatic heterocycles. The summed E-state index contributed by atoms with van der Waals surface area (Å²) in [5, 5.41) is 17.8. The number of nitriles is 1. The van der Waals surface area contributed by atoms with Crippen LogP contribution in [0.15, 0.2) is 23.8 Å². The Morgan fingerprint density at radius 3 is 2.74 bits per heavy atom. The Morgan fingerprint density at radius 1 is 1.48 bits per heavy atom. The van der Waals surface area contributed by atoms with Crippen molar-refractivity contribution in [1.82, 2.24) is 0 Å². The molecule has 0 spiro atoms. The second kappa shape index (κ2) is 9.46. The van der Waals surface area contributed by atoms with Gasteiger partial charge in [0.15, 0.2) is 0 Å². The van der Waals surface area contributed by atoms with E-state index < -0.39 is 5.97 Å². The first-order chi connectivity index (χ1) is 11.1. The lowest BCUT2D eigenvalue weighted by molar-refractivity contribution is -0.132. The van der Waals surface area contributed by atoms with Crippen LogP contribution >= 0.6 is 0 Å². The Hall–Kier alpha value is -2.55. The first kappa shape index (κ1) is 18.5. The van der Waals surface area contributed by atoms with Crippen molar-refractivity contribution < 1.29 is 19.0 Å². The fourth-order valence-corrected chi connectivity index (χ4v) is 2.20. The minimum absolute atomic E-state index is 0.362. The SMILES string of the molecule is CCCN(CCCF)c1ccc(/C=C(\C#N)C(=O)O)c(OC)c1. The number of nitrogens with zero attached hydrogens (tertiary/aromatic N) is 2. The van der Waals surface area contributed by atoms with Crippen LogP contribution in [0, 0.1) is 11.3 Å². The van der Waals surface area contributed by atoms with Crippen molar-refractivity contribution in [2.75, 3.05) is 31.8 Å². The maximum absolute atomic E-state index is 12.4. The molecule has 1 aromatic carbocycles. The Labute approximate surface area is 135 Å². The van der Waals surface area contributed by atoms with E-state index in [9.17, 15) is 9.18 Å². The highest BCUT2D eigenvalue weighted by molar-refractivity contribution is 5.97. The molecule has 1 N–H and O–H groups in total. The number of rotatable bonds is 9. The Bertz CT molecular complexity index is 608. The summed E-state index contributed by atoms with van der Waals surface area (Å²) >= 11 is 0. The van der Waals surface area contributed by atoms with Crippen molar-refractivity contribution in [2.45, 2.75) is 19.8 Å². The third-order valence-corrected chi connectivity index (χ3v) is 3.29. The molecule has 124 valence electrons. The van der Waals surface area contributed by atoms with Gasteiger partial charge in [-0.15, -0.1) is 0 Å². The van der Waals surface area contributed by atoms with Gasteiger partial charge in [-0.25, -0.2) is 4.79 Å². The number of hydrogen-bond acceptors (Lipinski definition) is 4. The van der Waals surface area contributed by atoms with Gasteiger partial charge >= 0.3 is 5.97 Å². The summed E-state index contributed by atoms with van der Waals surface area (Å²) in [6.07, 6.45) is 2.64. The van der Waals surface area contributed by atoms with E-state index in [0.717, 1.165) is 18.7 Å². The highest BCUT2D eigenvalue weighted by Gasteiger charge is 2.12. The van der Waals surface area contributed by atoms with Crippen LogP contribution < -0.4 is 9.64 Å². The molecule has 5 nitrogen and oxygen atoms in total. The van der Waals surface area contributed by atoms with Crippen molar-refractivity contribution in [1.29, 1.82) is 5.26 Å². The average molecular weight is 320 g/mol. The molecule has 0 aliphatic carbocycles. The summed E-state index contributed by atoms with van der Waals surface area (Å²) in [6, 6.07) is 6.93. The molecule has 0 amide bonds. The van der Waals surface area contributed by atoms with Crippen molar-refractivity contribution in [3.63, 3.8) is 0 Å².